The second kappa shape index (κ2) is 9.47. The van der Waals surface area contributed by atoms with Crippen molar-refractivity contribution in [1.29, 1.82) is 0 Å². The first-order chi connectivity index (χ1) is 15.7. The highest BCUT2D eigenvalue weighted by molar-refractivity contribution is 7.18. The van der Waals surface area contributed by atoms with Crippen molar-refractivity contribution in [2.75, 3.05) is 18.9 Å². The van der Waals surface area contributed by atoms with Crippen molar-refractivity contribution in [2.24, 2.45) is 0 Å². The number of carbonyl (C=O) groups excluding carboxylic acids is 2. The third-order valence-electron chi connectivity index (χ3n) is 6.26. The number of amides is 2. The van der Waals surface area contributed by atoms with Crippen molar-refractivity contribution in [2.45, 2.75) is 59.4 Å². The zero-order valence-corrected chi connectivity index (χ0v) is 20.5. The minimum atomic E-state index is -0.244. The normalized spacial score (nSPS) is 13.1. The molecule has 0 saturated heterocycles. The molecule has 0 bridgehead atoms. The monoisotopic (exact) mass is 466 g/mol. The number of fused-ring (bicyclic) bond motifs is 3. The Morgan fingerprint density at radius 1 is 1.15 bits per heavy atom. The summed E-state index contributed by atoms with van der Waals surface area (Å²) in [6, 6.07) is 4.04. The van der Waals surface area contributed by atoms with Gasteiger partial charge in [0.05, 0.1) is 18.3 Å². The lowest BCUT2D eigenvalue weighted by molar-refractivity contribution is -0.133. The topological polar surface area (TPSA) is 84.3 Å². The number of nitrogens with one attached hydrogen (secondary N) is 1. The molecule has 0 radical (unpaired) electrons. The quantitative estimate of drug-likeness (QED) is 0.600. The summed E-state index contributed by atoms with van der Waals surface area (Å²) in [7, 11) is 1.61. The second-order valence-corrected chi connectivity index (χ2v) is 10.0. The summed E-state index contributed by atoms with van der Waals surface area (Å²) in [4.78, 5) is 46.2. The molecule has 33 heavy (non-hydrogen) atoms. The van der Waals surface area contributed by atoms with E-state index in [9.17, 15) is 14.4 Å². The van der Waals surface area contributed by atoms with Crippen LogP contribution in [0.15, 0.2) is 23.3 Å². The van der Waals surface area contributed by atoms with Gasteiger partial charge in [-0.15, -0.1) is 11.3 Å². The van der Waals surface area contributed by atoms with Gasteiger partial charge in [-0.25, -0.2) is 4.98 Å². The van der Waals surface area contributed by atoms with E-state index in [-0.39, 0.29) is 36.9 Å². The highest BCUT2D eigenvalue weighted by atomic mass is 32.1. The van der Waals surface area contributed by atoms with Gasteiger partial charge < -0.3 is 10.2 Å². The highest BCUT2D eigenvalue weighted by Gasteiger charge is 2.21. The van der Waals surface area contributed by atoms with Gasteiger partial charge >= 0.3 is 0 Å². The van der Waals surface area contributed by atoms with Crippen molar-refractivity contribution >= 4 is 39.1 Å². The van der Waals surface area contributed by atoms with Gasteiger partial charge in [0.15, 0.2) is 0 Å². The minimum absolute atomic E-state index is 0.0458. The number of hydrogen-bond donors (Lipinski definition) is 1. The fourth-order valence-corrected chi connectivity index (χ4v) is 5.83. The van der Waals surface area contributed by atoms with Gasteiger partial charge in [-0.05, 0) is 63.1 Å². The van der Waals surface area contributed by atoms with E-state index < -0.39 is 0 Å². The van der Waals surface area contributed by atoms with Crippen LogP contribution in [0.5, 0.6) is 0 Å². The smallest absolute Gasteiger partial charge is 0.262 e. The molecular weight excluding hydrogens is 436 g/mol. The van der Waals surface area contributed by atoms with Crippen LogP contribution in [-0.2, 0) is 29.0 Å². The average molecular weight is 467 g/mol. The fraction of sp³-hybridized carbons (Fsp3) is 0.440. The number of thiophene rings is 1. The SMILES string of the molecule is Cc1cc(C)c(NC(=O)CN(C)C(=O)CCn2cnc3sc4c(c3c2=O)CCCC4)c(C)c1. The predicted octanol–water partition coefficient (Wildman–Crippen LogP) is 3.75. The molecule has 0 fully saturated rings. The first kappa shape index (κ1) is 23.2. The van der Waals surface area contributed by atoms with Crippen LogP contribution < -0.4 is 10.9 Å². The molecule has 2 amide bonds. The lowest BCUT2D eigenvalue weighted by Crippen LogP contribution is -2.36. The molecule has 7 nitrogen and oxygen atoms in total. The molecule has 4 rings (SSSR count). The van der Waals surface area contributed by atoms with E-state index >= 15 is 0 Å². The summed E-state index contributed by atoms with van der Waals surface area (Å²) in [5.74, 6) is -0.437. The third kappa shape index (κ3) is 4.85. The highest BCUT2D eigenvalue weighted by Crippen LogP contribution is 2.33. The molecule has 0 aliphatic heterocycles. The first-order valence-corrected chi connectivity index (χ1v) is 12.2. The fourth-order valence-electron chi connectivity index (χ4n) is 4.61. The Morgan fingerprint density at radius 3 is 2.58 bits per heavy atom. The predicted molar refractivity (Wildman–Crippen MR) is 132 cm³/mol. The van der Waals surface area contributed by atoms with E-state index in [1.54, 1.807) is 18.4 Å². The Bertz CT molecular complexity index is 1270. The number of aromatic nitrogens is 2. The lowest BCUT2D eigenvalue weighted by Gasteiger charge is -2.19. The number of hydrogen-bond acceptors (Lipinski definition) is 5. The molecule has 0 spiro atoms. The molecule has 1 N–H and O–H groups in total. The van der Waals surface area contributed by atoms with Crippen LogP contribution >= 0.6 is 11.3 Å². The molecule has 174 valence electrons. The van der Waals surface area contributed by atoms with Crippen molar-refractivity contribution < 1.29 is 9.59 Å². The molecule has 1 aliphatic carbocycles. The molecule has 0 saturated carbocycles. The van der Waals surface area contributed by atoms with E-state index in [0.29, 0.717) is 0 Å². The number of anilines is 1. The van der Waals surface area contributed by atoms with Crippen LogP contribution in [0, 0.1) is 20.8 Å². The summed E-state index contributed by atoms with van der Waals surface area (Å²) in [5, 5.41) is 3.65. The molecule has 0 atom stereocenters. The standard InChI is InChI=1S/C25H30N4O3S/c1-15-11-16(2)23(17(3)12-15)27-20(30)13-28(4)21(31)9-10-29-14-26-24-22(25(29)32)18-7-5-6-8-19(18)33-24/h11-12,14H,5-10,13H2,1-4H3,(H,27,30). The molecule has 3 aromatic rings. The van der Waals surface area contributed by atoms with Crippen molar-refractivity contribution in [3.8, 4) is 0 Å². The summed E-state index contributed by atoms with van der Waals surface area (Å²) in [5.41, 5.74) is 4.99. The second-order valence-electron chi connectivity index (χ2n) is 8.96. The maximum Gasteiger partial charge on any atom is 0.262 e. The number of rotatable bonds is 6. The molecule has 2 aromatic heterocycles. The Balaban J connectivity index is 1.39. The molecule has 1 aromatic carbocycles. The Hall–Kier alpha value is -3.00. The molecule has 8 heteroatoms. The Labute approximate surface area is 197 Å². The van der Waals surface area contributed by atoms with E-state index in [1.807, 2.05) is 32.9 Å². The average Bonchev–Trinajstić information content (AvgIpc) is 3.15. The van der Waals surface area contributed by atoms with Gasteiger partial charge in [-0.1, -0.05) is 17.7 Å². The molecular formula is C25H30N4O3S. The third-order valence-corrected chi connectivity index (χ3v) is 7.46. The molecule has 0 unspecified atom stereocenters. The molecule has 2 heterocycles. The van der Waals surface area contributed by atoms with Gasteiger partial charge in [0.2, 0.25) is 11.8 Å². The zero-order valence-electron chi connectivity index (χ0n) is 19.7. The van der Waals surface area contributed by atoms with Crippen LogP contribution in [-0.4, -0.2) is 39.9 Å². The maximum absolute atomic E-state index is 13.1. The number of nitrogens with zero attached hydrogens (tertiary/aromatic N) is 3. The Morgan fingerprint density at radius 2 is 1.85 bits per heavy atom. The van der Waals surface area contributed by atoms with Crippen LogP contribution in [0.25, 0.3) is 10.2 Å². The van der Waals surface area contributed by atoms with E-state index in [1.165, 1.54) is 20.7 Å². The van der Waals surface area contributed by atoms with Crippen LogP contribution in [0.1, 0.15) is 46.4 Å². The molecule has 1 aliphatic rings. The largest absolute Gasteiger partial charge is 0.336 e. The first-order valence-electron chi connectivity index (χ1n) is 11.4. The van der Waals surface area contributed by atoms with Gasteiger partial charge in [0, 0.05) is 30.6 Å². The van der Waals surface area contributed by atoms with Gasteiger partial charge in [0.25, 0.3) is 5.56 Å². The zero-order chi connectivity index (χ0) is 23.7. The maximum atomic E-state index is 13.1. The van der Waals surface area contributed by atoms with E-state index in [0.717, 1.165) is 63.8 Å². The van der Waals surface area contributed by atoms with E-state index in [2.05, 4.69) is 10.3 Å². The van der Waals surface area contributed by atoms with Gasteiger partial charge in [0.1, 0.15) is 4.83 Å². The number of likely N-dealkylation sites (N-methyl/N-ethyl adjacent to an activating group) is 1. The summed E-state index contributed by atoms with van der Waals surface area (Å²) in [6.07, 6.45) is 5.86. The summed E-state index contributed by atoms with van der Waals surface area (Å²) >= 11 is 1.62. The van der Waals surface area contributed by atoms with Crippen molar-refractivity contribution in [3.05, 3.63) is 55.9 Å². The van der Waals surface area contributed by atoms with Crippen molar-refractivity contribution in [3.63, 3.8) is 0 Å². The van der Waals surface area contributed by atoms with Crippen molar-refractivity contribution in [1.82, 2.24) is 14.5 Å². The lowest BCUT2D eigenvalue weighted by atomic mass is 9.97. The summed E-state index contributed by atoms with van der Waals surface area (Å²) < 4.78 is 1.52. The van der Waals surface area contributed by atoms with E-state index in [4.69, 9.17) is 0 Å². The van der Waals surface area contributed by atoms with Crippen LogP contribution in [0.3, 0.4) is 0 Å². The van der Waals surface area contributed by atoms with Crippen LogP contribution in [0.4, 0.5) is 5.69 Å². The number of benzene rings is 1. The Kier molecular flexibility index (Phi) is 6.65. The number of carbonyl (C=O) groups is 2. The van der Waals surface area contributed by atoms with Crippen LogP contribution in [0.2, 0.25) is 0 Å². The minimum Gasteiger partial charge on any atom is -0.336 e. The number of aryl methyl sites for hydroxylation is 6. The van der Waals surface area contributed by atoms with Gasteiger partial charge in [-0.3, -0.25) is 19.0 Å². The summed E-state index contributed by atoms with van der Waals surface area (Å²) in [6.45, 7) is 6.13. The van der Waals surface area contributed by atoms with Gasteiger partial charge in [-0.2, -0.15) is 0 Å².